The fraction of sp³-hybridized carbons (Fsp3) is 0.125. The molecular weight excluding hydrogens is 348 g/mol. The summed E-state index contributed by atoms with van der Waals surface area (Å²) in [6.07, 6.45) is 1.52. The molecule has 6 heteroatoms. The first-order chi connectivity index (χ1) is 10.7. The van der Waals surface area contributed by atoms with Gasteiger partial charge in [0.15, 0.2) is 0 Å². The summed E-state index contributed by atoms with van der Waals surface area (Å²) in [7, 11) is 3.13. The molecular formula is C16H15BrN2O3. The zero-order chi connectivity index (χ0) is 15.9. The van der Waals surface area contributed by atoms with E-state index in [1.165, 1.54) is 6.21 Å². The minimum Gasteiger partial charge on any atom is -0.496 e. The molecule has 0 bridgehead atoms. The van der Waals surface area contributed by atoms with Gasteiger partial charge in [-0.3, -0.25) is 4.79 Å². The summed E-state index contributed by atoms with van der Waals surface area (Å²) in [6, 6.07) is 12.4. The molecule has 0 saturated heterocycles. The van der Waals surface area contributed by atoms with E-state index in [0.717, 1.165) is 4.47 Å². The third kappa shape index (κ3) is 3.85. The lowest BCUT2D eigenvalue weighted by atomic mass is 10.2. The van der Waals surface area contributed by atoms with Gasteiger partial charge >= 0.3 is 0 Å². The van der Waals surface area contributed by atoms with Crippen LogP contribution in [0.1, 0.15) is 15.9 Å². The Kier molecular flexibility index (Phi) is 5.55. The Morgan fingerprint density at radius 3 is 2.45 bits per heavy atom. The second-order valence-corrected chi connectivity index (χ2v) is 5.15. The Morgan fingerprint density at radius 1 is 1.14 bits per heavy atom. The highest BCUT2D eigenvalue weighted by atomic mass is 79.9. The number of hydrogen-bond donors (Lipinski definition) is 1. The Bertz CT molecular complexity index is 687. The van der Waals surface area contributed by atoms with Gasteiger partial charge in [0.2, 0.25) is 0 Å². The highest BCUT2D eigenvalue weighted by Gasteiger charge is 2.08. The summed E-state index contributed by atoms with van der Waals surface area (Å²) in [5.41, 5.74) is 3.73. The van der Waals surface area contributed by atoms with E-state index in [4.69, 9.17) is 9.47 Å². The molecule has 0 aliphatic rings. The van der Waals surface area contributed by atoms with Crippen LogP contribution in [0.2, 0.25) is 0 Å². The molecule has 0 spiro atoms. The molecule has 2 aromatic carbocycles. The molecule has 0 unspecified atom stereocenters. The fourth-order valence-electron chi connectivity index (χ4n) is 1.80. The third-order valence-electron chi connectivity index (χ3n) is 2.91. The standard InChI is InChI=1S/C16H15BrN2O3/c1-21-14-9-15(22-2)13(17)8-12(14)10-18-19-16(20)11-6-4-3-5-7-11/h3-10H,1-2H3,(H,19,20). The van der Waals surface area contributed by atoms with Gasteiger partial charge in [-0.05, 0) is 34.1 Å². The molecule has 0 fully saturated rings. The number of carbonyl (C=O) groups excluding carboxylic acids is 1. The number of nitrogens with zero attached hydrogens (tertiary/aromatic N) is 1. The fourth-order valence-corrected chi connectivity index (χ4v) is 2.32. The van der Waals surface area contributed by atoms with Gasteiger partial charge in [-0.1, -0.05) is 18.2 Å². The number of rotatable bonds is 5. The highest BCUT2D eigenvalue weighted by Crippen LogP contribution is 2.31. The number of nitrogens with one attached hydrogen (secondary N) is 1. The summed E-state index contributed by atoms with van der Waals surface area (Å²) < 4.78 is 11.3. The first-order valence-electron chi connectivity index (χ1n) is 6.45. The maximum absolute atomic E-state index is 11.9. The Balaban J connectivity index is 2.13. The number of benzene rings is 2. The minimum atomic E-state index is -0.275. The van der Waals surface area contributed by atoms with E-state index in [9.17, 15) is 4.79 Å². The van der Waals surface area contributed by atoms with Crippen molar-refractivity contribution >= 4 is 28.1 Å². The number of ether oxygens (including phenoxy) is 2. The van der Waals surface area contributed by atoms with Crippen LogP contribution in [0.5, 0.6) is 11.5 Å². The lowest BCUT2D eigenvalue weighted by Crippen LogP contribution is -2.17. The maximum atomic E-state index is 11.9. The van der Waals surface area contributed by atoms with Gasteiger partial charge in [-0.2, -0.15) is 5.10 Å². The largest absolute Gasteiger partial charge is 0.496 e. The second-order valence-electron chi connectivity index (χ2n) is 4.29. The molecule has 0 aliphatic carbocycles. The molecule has 22 heavy (non-hydrogen) atoms. The molecule has 2 rings (SSSR count). The van der Waals surface area contributed by atoms with Crippen molar-refractivity contribution in [3.8, 4) is 11.5 Å². The lowest BCUT2D eigenvalue weighted by Gasteiger charge is -2.09. The zero-order valence-corrected chi connectivity index (χ0v) is 13.8. The van der Waals surface area contributed by atoms with Crippen LogP contribution in [0, 0.1) is 0 Å². The molecule has 5 nitrogen and oxygen atoms in total. The molecule has 0 heterocycles. The van der Waals surface area contributed by atoms with E-state index in [-0.39, 0.29) is 5.91 Å². The van der Waals surface area contributed by atoms with Gasteiger partial charge in [-0.25, -0.2) is 5.43 Å². The van der Waals surface area contributed by atoms with Gasteiger partial charge in [0.1, 0.15) is 11.5 Å². The zero-order valence-electron chi connectivity index (χ0n) is 12.2. The molecule has 0 aromatic heterocycles. The SMILES string of the molecule is COc1cc(OC)c(C=NNC(=O)c2ccccc2)cc1Br. The molecule has 1 N–H and O–H groups in total. The quantitative estimate of drug-likeness (QED) is 0.656. The Labute approximate surface area is 137 Å². The summed E-state index contributed by atoms with van der Waals surface area (Å²) >= 11 is 3.40. The number of carbonyl (C=O) groups is 1. The number of hydrogen-bond acceptors (Lipinski definition) is 4. The topological polar surface area (TPSA) is 59.9 Å². The first kappa shape index (κ1) is 16.0. The second kappa shape index (κ2) is 7.61. The van der Waals surface area contributed by atoms with Crippen LogP contribution in [0.15, 0.2) is 52.0 Å². The molecule has 1 amide bonds. The highest BCUT2D eigenvalue weighted by molar-refractivity contribution is 9.10. The smallest absolute Gasteiger partial charge is 0.271 e. The lowest BCUT2D eigenvalue weighted by molar-refractivity contribution is 0.0955. The number of hydrazone groups is 1. The molecule has 2 aromatic rings. The molecule has 0 saturated carbocycles. The molecule has 0 aliphatic heterocycles. The van der Waals surface area contributed by atoms with Crippen molar-refractivity contribution in [3.63, 3.8) is 0 Å². The van der Waals surface area contributed by atoms with Crippen molar-refractivity contribution in [2.75, 3.05) is 14.2 Å². The van der Waals surface area contributed by atoms with Crippen LogP contribution in [0.3, 0.4) is 0 Å². The summed E-state index contributed by atoms with van der Waals surface area (Å²) in [5, 5.41) is 3.96. The maximum Gasteiger partial charge on any atom is 0.271 e. The van der Waals surface area contributed by atoms with Gasteiger partial charge in [-0.15, -0.1) is 0 Å². The van der Waals surface area contributed by atoms with Crippen LogP contribution in [0.25, 0.3) is 0 Å². The van der Waals surface area contributed by atoms with Crippen molar-refractivity contribution < 1.29 is 14.3 Å². The average Bonchev–Trinajstić information content (AvgIpc) is 2.55. The summed E-state index contributed by atoms with van der Waals surface area (Å²) in [4.78, 5) is 11.9. The van der Waals surface area contributed by atoms with Crippen molar-refractivity contribution in [2.24, 2.45) is 5.10 Å². The van der Waals surface area contributed by atoms with Crippen molar-refractivity contribution in [1.82, 2.24) is 5.43 Å². The van der Waals surface area contributed by atoms with E-state index < -0.39 is 0 Å². The van der Waals surface area contributed by atoms with Crippen LogP contribution >= 0.6 is 15.9 Å². The van der Waals surface area contributed by atoms with Gasteiger partial charge in [0, 0.05) is 17.2 Å². The van der Waals surface area contributed by atoms with Crippen LogP contribution in [0.4, 0.5) is 0 Å². The van der Waals surface area contributed by atoms with Crippen LogP contribution < -0.4 is 14.9 Å². The monoisotopic (exact) mass is 362 g/mol. The van der Waals surface area contributed by atoms with E-state index in [1.807, 2.05) is 6.07 Å². The van der Waals surface area contributed by atoms with E-state index in [2.05, 4.69) is 26.5 Å². The van der Waals surface area contributed by atoms with Crippen molar-refractivity contribution in [1.29, 1.82) is 0 Å². The predicted octanol–water partition coefficient (Wildman–Crippen LogP) is 3.23. The summed E-state index contributed by atoms with van der Waals surface area (Å²) in [6.45, 7) is 0. The summed E-state index contributed by atoms with van der Waals surface area (Å²) in [5.74, 6) is 0.975. The van der Waals surface area contributed by atoms with E-state index in [0.29, 0.717) is 22.6 Å². The predicted molar refractivity (Wildman–Crippen MR) is 88.7 cm³/mol. The van der Waals surface area contributed by atoms with E-state index >= 15 is 0 Å². The molecule has 0 atom stereocenters. The minimum absolute atomic E-state index is 0.275. The van der Waals surface area contributed by atoms with Crippen molar-refractivity contribution in [2.45, 2.75) is 0 Å². The Hall–Kier alpha value is -2.34. The van der Waals surface area contributed by atoms with Gasteiger partial charge in [0.25, 0.3) is 5.91 Å². The Morgan fingerprint density at radius 2 is 1.82 bits per heavy atom. The van der Waals surface area contributed by atoms with Gasteiger partial charge < -0.3 is 9.47 Å². The normalized spacial score (nSPS) is 10.5. The van der Waals surface area contributed by atoms with Crippen LogP contribution in [-0.4, -0.2) is 26.3 Å². The molecule has 0 radical (unpaired) electrons. The van der Waals surface area contributed by atoms with Crippen LogP contribution in [-0.2, 0) is 0 Å². The number of halogens is 1. The third-order valence-corrected chi connectivity index (χ3v) is 3.53. The van der Waals surface area contributed by atoms with Gasteiger partial charge in [0.05, 0.1) is 24.9 Å². The number of methoxy groups -OCH3 is 2. The molecule has 114 valence electrons. The van der Waals surface area contributed by atoms with Crippen molar-refractivity contribution in [3.05, 3.63) is 58.1 Å². The first-order valence-corrected chi connectivity index (χ1v) is 7.25. The van der Waals surface area contributed by atoms with E-state index in [1.54, 1.807) is 50.6 Å². The average molecular weight is 363 g/mol. The number of amides is 1.